The molecule has 3 heteroatoms. The minimum absolute atomic E-state index is 0.449. The van der Waals surface area contributed by atoms with E-state index < -0.39 is 0 Å². The van der Waals surface area contributed by atoms with Gasteiger partial charge < -0.3 is 15.0 Å². The molecule has 1 aliphatic carbocycles. The Bertz CT molecular complexity index is 468. The molecule has 0 aromatic heterocycles. The van der Waals surface area contributed by atoms with Gasteiger partial charge in [0, 0.05) is 12.6 Å². The van der Waals surface area contributed by atoms with E-state index in [1.54, 1.807) is 7.11 Å². The largest absolute Gasteiger partial charge is 0.495 e. The van der Waals surface area contributed by atoms with Gasteiger partial charge in [0.1, 0.15) is 5.75 Å². The fourth-order valence-corrected chi connectivity index (χ4v) is 3.37. The summed E-state index contributed by atoms with van der Waals surface area (Å²) in [6, 6.07) is 7.02. The number of nitrogens with zero attached hydrogens (tertiary/aromatic N) is 1. The van der Waals surface area contributed by atoms with Gasteiger partial charge in [-0.25, -0.2) is 0 Å². The molecule has 2 rings (SSSR count). The predicted octanol–water partition coefficient (Wildman–Crippen LogP) is 4.14. The van der Waals surface area contributed by atoms with E-state index in [4.69, 9.17) is 4.74 Å². The second-order valence-corrected chi connectivity index (χ2v) is 7.37. The molecule has 0 heterocycles. The summed E-state index contributed by atoms with van der Waals surface area (Å²) in [5.41, 5.74) is 2.91. The number of methoxy groups -OCH3 is 1. The van der Waals surface area contributed by atoms with Crippen LogP contribution in [0, 0.1) is 5.41 Å². The minimum Gasteiger partial charge on any atom is -0.495 e. The minimum atomic E-state index is 0.449. The van der Waals surface area contributed by atoms with Crippen LogP contribution in [0.5, 0.6) is 5.75 Å². The van der Waals surface area contributed by atoms with Crippen LogP contribution in [-0.4, -0.2) is 32.1 Å². The molecule has 0 amide bonds. The number of anilines is 1. The molecule has 1 unspecified atom stereocenters. The van der Waals surface area contributed by atoms with Gasteiger partial charge in [0.2, 0.25) is 0 Å². The van der Waals surface area contributed by atoms with E-state index in [9.17, 15) is 0 Å². The first kappa shape index (κ1) is 16.2. The van der Waals surface area contributed by atoms with Crippen molar-refractivity contribution in [1.29, 1.82) is 0 Å². The van der Waals surface area contributed by atoms with Gasteiger partial charge in [-0.1, -0.05) is 26.3 Å². The lowest BCUT2D eigenvalue weighted by Crippen LogP contribution is -2.31. The average Bonchev–Trinajstić information content (AvgIpc) is 2.37. The summed E-state index contributed by atoms with van der Waals surface area (Å²) in [4.78, 5) is 2.19. The third-order valence-electron chi connectivity index (χ3n) is 4.33. The van der Waals surface area contributed by atoms with Gasteiger partial charge in [0.15, 0.2) is 0 Å². The second-order valence-electron chi connectivity index (χ2n) is 7.37. The summed E-state index contributed by atoms with van der Waals surface area (Å²) < 4.78 is 5.52. The van der Waals surface area contributed by atoms with Crippen LogP contribution in [0.1, 0.15) is 45.1 Å². The Balaban J connectivity index is 2.13. The van der Waals surface area contributed by atoms with E-state index in [0.29, 0.717) is 11.5 Å². The molecule has 0 saturated heterocycles. The number of rotatable bonds is 5. The maximum Gasteiger partial charge on any atom is 0.141 e. The third kappa shape index (κ3) is 4.63. The van der Waals surface area contributed by atoms with Gasteiger partial charge in [0.25, 0.3) is 0 Å². The van der Waals surface area contributed by atoms with Gasteiger partial charge in [0.05, 0.1) is 12.8 Å². The van der Waals surface area contributed by atoms with Gasteiger partial charge in [-0.2, -0.15) is 0 Å². The number of benzene rings is 1. The fourth-order valence-electron chi connectivity index (χ4n) is 3.37. The van der Waals surface area contributed by atoms with Crippen molar-refractivity contribution >= 4 is 5.69 Å². The van der Waals surface area contributed by atoms with Crippen LogP contribution in [0.25, 0.3) is 0 Å². The molecule has 1 fully saturated rings. The van der Waals surface area contributed by atoms with E-state index in [1.807, 2.05) is 0 Å². The van der Waals surface area contributed by atoms with E-state index in [0.717, 1.165) is 18.0 Å². The molecule has 0 aliphatic heterocycles. The summed E-state index contributed by atoms with van der Waals surface area (Å²) in [6.07, 6.45) is 5.13. The molecule has 0 bridgehead atoms. The Morgan fingerprint density at radius 2 is 2.10 bits per heavy atom. The Labute approximate surface area is 129 Å². The van der Waals surface area contributed by atoms with E-state index in [-0.39, 0.29) is 0 Å². The van der Waals surface area contributed by atoms with Gasteiger partial charge >= 0.3 is 0 Å². The lowest BCUT2D eigenvalue weighted by molar-refractivity contribution is 0.229. The predicted molar refractivity (Wildman–Crippen MR) is 90.0 cm³/mol. The number of hydrogen-bond donors (Lipinski definition) is 1. The van der Waals surface area contributed by atoms with Crippen LogP contribution < -0.4 is 10.1 Å². The summed E-state index contributed by atoms with van der Waals surface area (Å²) in [7, 11) is 5.94. The Morgan fingerprint density at radius 1 is 1.33 bits per heavy atom. The molecule has 1 saturated carbocycles. The molecular formula is C18H30N2O. The summed E-state index contributed by atoms with van der Waals surface area (Å²) in [6.45, 7) is 5.70. The highest BCUT2D eigenvalue weighted by atomic mass is 16.5. The smallest absolute Gasteiger partial charge is 0.141 e. The average molecular weight is 290 g/mol. The molecule has 1 N–H and O–H groups in total. The van der Waals surface area contributed by atoms with Crippen molar-refractivity contribution in [2.45, 2.75) is 52.1 Å². The van der Waals surface area contributed by atoms with Gasteiger partial charge in [-0.15, -0.1) is 0 Å². The van der Waals surface area contributed by atoms with Crippen LogP contribution in [-0.2, 0) is 6.54 Å². The molecule has 1 aromatic rings. The molecular weight excluding hydrogens is 260 g/mol. The molecule has 1 aliphatic rings. The van der Waals surface area contributed by atoms with Crippen LogP contribution in [0.3, 0.4) is 0 Å². The normalized spacial score (nSPS) is 21.3. The first-order valence-corrected chi connectivity index (χ1v) is 7.98. The molecule has 21 heavy (non-hydrogen) atoms. The topological polar surface area (TPSA) is 24.5 Å². The molecule has 1 aromatic carbocycles. The molecule has 1 atom stereocenters. The Hall–Kier alpha value is -1.22. The van der Waals surface area contributed by atoms with Crippen LogP contribution in [0.2, 0.25) is 0 Å². The van der Waals surface area contributed by atoms with Crippen molar-refractivity contribution in [3.8, 4) is 5.75 Å². The standard InChI is InChI=1S/C18H30N2O/c1-18(2)10-6-7-15(12-18)19-16-11-14(13-20(3)4)8-9-17(16)21-5/h8-9,11,15,19H,6-7,10,12-13H2,1-5H3. The first-order chi connectivity index (χ1) is 9.89. The Morgan fingerprint density at radius 3 is 2.71 bits per heavy atom. The first-order valence-electron chi connectivity index (χ1n) is 7.98. The summed E-state index contributed by atoms with van der Waals surface area (Å²) in [5.74, 6) is 0.945. The van der Waals surface area contributed by atoms with E-state index in [1.165, 1.54) is 31.2 Å². The maximum atomic E-state index is 5.52. The van der Waals surface area contributed by atoms with Crippen LogP contribution in [0.4, 0.5) is 5.69 Å². The Kier molecular flexibility index (Phi) is 5.15. The zero-order valence-electron chi connectivity index (χ0n) is 14.2. The zero-order valence-corrected chi connectivity index (χ0v) is 14.2. The highest BCUT2D eigenvalue weighted by molar-refractivity contribution is 5.58. The quantitative estimate of drug-likeness (QED) is 0.882. The maximum absolute atomic E-state index is 5.52. The van der Waals surface area contributed by atoms with Crippen molar-refractivity contribution in [3.63, 3.8) is 0 Å². The van der Waals surface area contributed by atoms with Crippen molar-refractivity contribution in [2.24, 2.45) is 5.41 Å². The highest BCUT2D eigenvalue weighted by Crippen LogP contribution is 2.37. The molecule has 118 valence electrons. The van der Waals surface area contributed by atoms with Crippen LogP contribution in [0.15, 0.2) is 18.2 Å². The van der Waals surface area contributed by atoms with Crippen molar-refractivity contribution in [3.05, 3.63) is 23.8 Å². The molecule has 0 spiro atoms. The summed E-state index contributed by atoms with van der Waals surface area (Å²) in [5, 5.41) is 3.73. The lowest BCUT2D eigenvalue weighted by atomic mass is 9.75. The van der Waals surface area contributed by atoms with Crippen molar-refractivity contribution in [2.75, 3.05) is 26.5 Å². The fraction of sp³-hybridized carbons (Fsp3) is 0.667. The van der Waals surface area contributed by atoms with Crippen LogP contribution >= 0.6 is 0 Å². The van der Waals surface area contributed by atoms with Crippen molar-refractivity contribution < 1.29 is 4.74 Å². The highest BCUT2D eigenvalue weighted by Gasteiger charge is 2.28. The SMILES string of the molecule is COc1ccc(CN(C)C)cc1NC1CCCC(C)(C)C1. The summed E-state index contributed by atoms with van der Waals surface area (Å²) >= 11 is 0. The second kappa shape index (κ2) is 6.69. The molecule has 0 radical (unpaired) electrons. The number of hydrogen-bond acceptors (Lipinski definition) is 3. The lowest BCUT2D eigenvalue weighted by Gasteiger charge is -2.36. The monoisotopic (exact) mass is 290 g/mol. The number of nitrogens with one attached hydrogen (secondary N) is 1. The van der Waals surface area contributed by atoms with Gasteiger partial charge in [-0.3, -0.25) is 0 Å². The number of ether oxygens (including phenoxy) is 1. The third-order valence-corrected chi connectivity index (χ3v) is 4.33. The van der Waals surface area contributed by atoms with E-state index >= 15 is 0 Å². The zero-order chi connectivity index (χ0) is 15.5. The molecule has 3 nitrogen and oxygen atoms in total. The van der Waals surface area contributed by atoms with Gasteiger partial charge in [-0.05, 0) is 56.5 Å². The van der Waals surface area contributed by atoms with E-state index in [2.05, 4.69) is 56.4 Å². The van der Waals surface area contributed by atoms with Crippen molar-refractivity contribution in [1.82, 2.24) is 4.90 Å².